The van der Waals surface area contributed by atoms with Crippen LogP contribution in [0.25, 0.3) is 0 Å². The van der Waals surface area contributed by atoms with Crippen molar-refractivity contribution in [2.24, 2.45) is 50.7 Å². The molecule has 50 heavy (non-hydrogen) atoms. The van der Waals surface area contributed by atoms with Crippen molar-refractivity contribution in [2.45, 2.75) is 180 Å². The summed E-state index contributed by atoms with van der Waals surface area (Å²) in [5, 5.41) is 47.2. The summed E-state index contributed by atoms with van der Waals surface area (Å²) in [6.07, 6.45) is 4.55. The maximum atomic E-state index is 12.7. The Morgan fingerprint density at radius 3 is 2.28 bits per heavy atom. The van der Waals surface area contributed by atoms with Crippen LogP contribution in [-0.2, 0) is 28.5 Å². The molecule has 0 aromatic rings. The molecule has 16 atom stereocenters. The summed E-state index contributed by atoms with van der Waals surface area (Å²) in [6.45, 7) is 18.4. The second-order valence-corrected chi connectivity index (χ2v) is 19.5. The van der Waals surface area contributed by atoms with E-state index in [0.717, 1.165) is 44.9 Å². The molecule has 2 saturated heterocycles. The zero-order valence-electron chi connectivity index (χ0n) is 32.3. The van der Waals surface area contributed by atoms with Crippen LogP contribution in [0.2, 0.25) is 0 Å². The molecule has 10 nitrogen and oxygen atoms in total. The predicted octanol–water partition coefficient (Wildman–Crippen LogP) is 5.11. The number of hydrogen-bond acceptors (Lipinski definition) is 10. The van der Waals surface area contributed by atoms with Gasteiger partial charge in [-0.2, -0.15) is 0 Å². The molecule has 9 unspecified atom stereocenters. The average molecular weight is 707 g/mol. The van der Waals surface area contributed by atoms with Gasteiger partial charge in [0, 0.05) is 31.8 Å². The van der Waals surface area contributed by atoms with Crippen molar-refractivity contribution >= 4 is 5.97 Å². The van der Waals surface area contributed by atoms with Gasteiger partial charge in [0.1, 0.15) is 18.3 Å². The molecule has 2 aliphatic heterocycles. The molecule has 5 saturated carbocycles. The summed E-state index contributed by atoms with van der Waals surface area (Å²) in [5.41, 5.74) is -2.30. The first-order valence-corrected chi connectivity index (χ1v) is 19.7. The van der Waals surface area contributed by atoms with Crippen molar-refractivity contribution in [3.8, 4) is 0 Å². The molecule has 7 aliphatic rings. The lowest BCUT2D eigenvalue weighted by molar-refractivity contribution is -0.357. The summed E-state index contributed by atoms with van der Waals surface area (Å²) in [7, 11) is 1.63. The van der Waals surface area contributed by atoms with Gasteiger partial charge in [-0.25, -0.2) is 0 Å². The third-order valence-electron chi connectivity index (χ3n) is 16.8. The summed E-state index contributed by atoms with van der Waals surface area (Å²) in [4.78, 5) is 12.1. The highest BCUT2D eigenvalue weighted by molar-refractivity contribution is 5.66. The van der Waals surface area contributed by atoms with Gasteiger partial charge in [-0.15, -0.1) is 0 Å². The molecule has 0 aromatic carbocycles. The monoisotopic (exact) mass is 706 g/mol. The maximum Gasteiger partial charge on any atom is 0.303 e. The minimum Gasteiger partial charge on any atom is -0.457 e. The normalized spacial score (nSPS) is 54.3. The quantitative estimate of drug-likeness (QED) is 0.208. The van der Waals surface area contributed by atoms with Crippen LogP contribution < -0.4 is 0 Å². The van der Waals surface area contributed by atoms with E-state index in [4.69, 9.17) is 23.7 Å². The van der Waals surface area contributed by atoms with Crippen LogP contribution in [0, 0.1) is 50.7 Å². The Hall–Kier alpha value is -0.850. The van der Waals surface area contributed by atoms with Crippen molar-refractivity contribution in [1.29, 1.82) is 0 Å². The largest absolute Gasteiger partial charge is 0.457 e. The topological polar surface area (TPSA) is 144 Å². The first-order chi connectivity index (χ1) is 23.1. The van der Waals surface area contributed by atoms with Gasteiger partial charge in [0.05, 0.1) is 24.4 Å². The number of carbonyl (C=O) groups is 1. The van der Waals surface area contributed by atoms with E-state index in [2.05, 4.69) is 41.5 Å². The molecular weight excluding hydrogens is 640 g/mol. The number of carbonyl (C=O) groups excluding carboxylic acids is 1. The standard InChI is InChI=1S/C40H66O10/c1-11-39(30(46-10)24(42)15-19-47-39)50-28-14-16-37-21-38(37)18-17-35(8)29-22(2)20-25(31(34(6,7)44)48-23(3)41)49-40(29,45)32(43)36(35,9)27(38)13-12-26(37)33(28,4)5/h22,24-32,42-45H,11-21H2,1-10H3/t22-,24?,25?,26+,27?,28?,29-,30-,31?,32-,35?,36-,37?,38?,39?,40-/m1/s1. The molecule has 0 amide bonds. The van der Waals surface area contributed by atoms with Gasteiger partial charge >= 0.3 is 5.97 Å². The number of esters is 1. The zero-order valence-corrected chi connectivity index (χ0v) is 32.3. The van der Waals surface area contributed by atoms with Gasteiger partial charge in [0.25, 0.3) is 0 Å². The predicted molar refractivity (Wildman–Crippen MR) is 184 cm³/mol. The summed E-state index contributed by atoms with van der Waals surface area (Å²) in [5.74, 6) is -3.02. The van der Waals surface area contributed by atoms with Crippen LogP contribution in [0.4, 0.5) is 0 Å². The van der Waals surface area contributed by atoms with Crippen LogP contribution in [0.15, 0.2) is 0 Å². The molecule has 4 N–H and O–H groups in total. The fraction of sp³-hybridized carbons (Fsp3) is 0.975. The molecule has 0 bridgehead atoms. The second kappa shape index (κ2) is 11.6. The Balaban J connectivity index is 1.18. The molecule has 286 valence electrons. The van der Waals surface area contributed by atoms with Gasteiger partial charge in [0.15, 0.2) is 17.7 Å². The van der Waals surface area contributed by atoms with Crippen molar-refractivity contribution in [3.63, 3.8) is 0 Å². The SMILES string of the molecule is CCC1(OC2CCC34CC35CCC3(C)[C@H]6[C@H](C)CC(C(OC(C)=O)C(C)(C)O)O[C@@]6(O)[C@H](O)[C@@]3(C)C5CC[C@H]4C2(C)C)OCCC(O)[C@H]1OC. The number of aliphatic hydroxyl groups is 4. The number of hydrogen-bond donors (Lipinski definition) is 4. The number of rotatable bonds is 7. The van der Waals surface area contributed by atoms with Crippen molar-refractivity contribution in [2.75, 3.05) is 13.7 Å². The van der Waals surface area contributed by atoms with Crippen LogP contribution in [-0.4, -0.2) is 93.9 Å². The number of methoxy groups -OCH3 is 1. The van der Waals surface area contributed by atoms with Crippen LogP contribution in [0.3, 0.4) is 0 Å². The number of ether oxygens (including phenoxy) is 5. The fourth-order valence-corrected chi connectivity index (χ4v) is 14.7. The van der Waals surface area contributed by atoms with E-state index in [1.165, 1.54) is 6.92 Å². The van der Waals surface area contributed by atoms with Gasteiger partial charge in [-0.05, 0) is 111 Å². The summed E-state index contributed by atoms with van der Waals surface area (Å²) < 4.78 is 31.4. The third-order valence-corrected chi connectivity index (χ3v) is 16.8. The lowest BCUT2D eigenvalue weighted by Gasteiger charge is -2.64. The van der Waals surface area contributed by atoms with Gasteiger partial charge < -0.3 is 44.1 Å². The first-order valence-electron chi connectivity index (χ1n) is 19.7. The second-order valence-electron chi connectivity index (χ2n) is 19.5. The minimum absolute atomic E-state index is 0.0342. The third kappa shape index (κ3) is 4.64. The average Bonchev–Trinajstić information content (AvgIpc) is 3.66. The van der Waals surface area contributed by atoms with Gasteiger partial charge in [-0.3, -0.25) is 4.79 Å². The highest BCUT2D eigenvalue weighted by Crippen LogP contribution is 2.90. The van der Waals surface area contributed by atoms with Crippen molar-refractivity contribution in [1.82, 2.24) is 0 Å². The van der Waals surface area contributed by atoms with Gasteiger partial charge in [-0.1, -0.05) is 41.5 Å². The molecule has 2 heterocycles. The lowest BCUT2D eigenvalue weighted by atomic mass is 9.41. The van der Waals surface area contributed by atoms with Crippen LogP contribution in [0.1, 0.15) is 127 Å². The van der Waals surface area contributed by atoms with Crippen LogP contribution in [0.5, 0.6) is 0 Å². The minimum atomic E-state index is -1.83. The maximum absolute atomic E-state index is 12.7. The molecule has 10 heteroatoms. The van der Waals surface area contributed by atoms with E-state index in [1.807, 2.05) is 0 Å². The van der Waals surface area contributed by atoms with Crippen LogP contribution >= 0.6 is 0 Å². The summed E-state index contributed by atoms with van der Waals surface area (Å²) in [6, 6.07) is 0. The van der Waals surface area contributed by atoms with E-state index in [-0.39, 0.29) is 45.5 Å². The number of aliphatic hydroxyl groups excluding tert-OH is 2. The Bertz CT molecular complexity index is 1350. The van der Waals surface area contributed by atoms with E-state index in [9.17, 15) is 25.2 Å². The molecule has 5 aliphatic carbocycles. The Morgan fingerprint density at radius 2 is 1.66 bits per heavy atom. The number of fused-ring (bicyclic) bond motifs is 4. The van der Waals surface area contributed by atoms with Gasteiger partial charge in [0.2, 0.25) is 0 Å². The highest BCUT2D eigenvalue weighted by Gasteiger charge is 2.87. The molecule has 0 aromatic heterocycles. The molecule has 2 spiro atoms. The lowest BCUT2D eigenvalue weighted by Crippen LogP contribution is -2.63. The van der Waals surface area contributed by atoms with Crippen molar-refractivity contribution in [3.05, 3.63) is 0 Å². The van der Waals surface area contributed by atoms with E-state index < -0.39 is 59.1 Å². The first kappa shape index (κ1) is 37.5. The zero-order chi connectivity index (χ0) is 36.7. The van der Waals surface area contributed by atoms with E-state index in [1.54, 1.807) is 21.0 Å². The summed E-state index contributed by atoms with van der Waals surface area (Å²) >= 11 is 0. The molecule has 0 radical (unpaired) electrons. The smallest absolute Gasteiger partial charge is 0.303 e. The van der Waals surface area contributed by atoms with Crippen molar-refractivity contribution < 1.29 is 48.9 Å². The van der Waals surface area contributed by atoms with E-state index in [0.29, 0.717) is 31.8 Å². The Labute approximate surface area is 299 Å². The van der Waals surface area contributed by atoms with E-state index >= 15 is 0 Å². The molecular formula is C40H66O10. The molecule has 7 rings (SSSR count). The Kier molecular flexibility index (Phi) is 8.68. The Morgan fingerprint density at radius 1 is 1.00 bits per heavy atom. The highest BCUT2D eigenvalue weighted by atomic mass is 16.7. The fourth-order valence-electron chi connectivity index (χ4n) is 14.7. The molecule has 7 fully saturated rings.